The van der Waals surface area contributed by atoms with Crippen LogP contribution < -0.4 is 10.9 Å². The number of nitrogens with one attached hydrogen (secondary N) is 2. The van der Waals surface area contributed by atoms with Crippen molar-refractivity contribution in [2.24, 2.45) is 0 Å². The Morgan fingerprint density at radius 2 is 2.05 bits per heavy atom. The third-order valence-corrected chi connectivity index (χ3v) is 3.16. The molecule has 1 aromatic rings. The lowest BCUT2D eigenvalue weighted by molar-refractivity contribution is 0.0907. The summed E-state index contributed by atoms with van der Waals surface area (Å²) < 4.78 is 0. The van der Waals surface area contributed by atoms with Crippen molar-refractivity contribution >= 4 is 5.91 Å². The highest BCUT2D eigenvalue weighted by molar-refractivity contribution is 5.94. The molecule has 21 heavy (non-hydrogen) atoms. The van der Waals surface area contributed by atoms with E-state index in [-0.39, 0.29) is 17.5 Å². The number of aromatic amines is 1. The highest BCUT2D eigenvalue weighted by atomic mass is 16.3. The first-order valence-corrected chi connectivity index (χ1v) is 7.24. The van der Waals surface area contributed by atoms with Gasteiger partial charge >= 0.3 is 0 Å². The number of carbonyl (C=O) groups excluding carboxylic acids is 1. The number of aryl methyl sites for hydroxylation is 1. The van der Waals surface area contributed by atoms with Gasteiger partial charge < -0.3 is 15.4 Å². The van der Waals surface area contributed by atoms with Crippen LogP contribution in [0, 0.1) is 6.92 Å². The predicted molar refractivity (Wildman–Crippen MR) is 81.5 cm³/mol. The molecule has 0 aromatic carbocycles. The maximum Gasteiger partial charge on any atom is 0.264 e. The second-order valence-corrected chi connectivity index (χ2v) is 6.28. The van der Waals surface area contributed by atoms with Crippen molar-refractivity contribution < 1.29 is 9.90 Å². The van der Waals surface area contributed by atoms with Crippen LogP contribution in [0.15, 0.2) is 4.79 Å². The van der Waals surface area contributed by atoms with E-state index in [9.17, 15) is 14.7 Å². The number of amides is 1. The third kappa shape index (κ3) is 4.67. The second-order valence-electron chi connectivity index (χ2n) is 6.28. The molecule has 0 saturated carbocycles. The fraction of sp³-hybridized carbons (Fsp3) is 0.667. The molecule has 0 bridgehead atoms. The predicted octanol–water partition coefficient (Wildman–Crippen LogP) is 1.27. The first kappa shape index (κ1) is 17.4. The van der Waals surface area contributed by atoms with Crippen LogP contribution in [-0.4, -0.2) is 33.6 Å². The summed E-state index contributed by atoms with van der Waals surface area (Å²) in [7, 11) is 0. The summed E-state index contributed by atoms with van der Waals surface area (Å²) in [4.78, 5) is 31.1. The molecule has 0 radical (unpaired) electrons. The molecule has 0 aliphatic heterocycles. The number of carbonyl (C=O) groups is 1. The number of hydrogen-bond donors (Lipinski definition) is 3. The first-order valence-electron chi connectivity index (χ1n) is 7.24. The number of aromatic nitrogens is 2. The van der Waals surface area contributed by atoms with Gasteiger partial charge in [-0.2, -0.15) is 0 Å². The quantitative estimate of drug-likeness (QED) is 0.762. The van der Waals surface area contributed by atoms with E-state index in [4.69, 9.17) is 0 Å². The molecular weight excluding hydrogens is 270 g/mol. The molecule has 1 aromatic heterocycles. The lowest BCUT2D eigenvalue weighted by atomic mass is 9.95. The molecule has 1 amide bonds. The number of rotatable bonds is 5. The van der Waals surface area contributed by atoms with Gasteiger partial charge in [-0.3, -0.25) is 9.59 Å². The van der Waals surface area contributed by atoms with Crippen molar-refractivity contribution in [2.75, 3.05) is 6.54 Å². The van der Waals surface area contributed by atoms with Crippen LogP contribution in [0.3, 0.4) is 0 Å². The number of nitrogens with zero attached hydrogens (tertiary/aromatic N) is 1. The average molecular weight is 295 g/mol. The van der Waals surface area contributed by atoms with Crippen LogP contribution in [0.4, 0.5) is 0 Å². The summed E-state index contributed by atoms with van der Waals surface area (Å²) in [6.45, 7) is 9.53. The Kier molecular flexibility index (Phi) is 5.66. The molecule has 0 spiro atoms. The Balaban J connectivity index is 2.94. The van der Waals surface area contributed by atoms with Crippen LogP contribution >= 0.6 is 0 Å². The zero-order chi connectivity index (χ0) is 16.2. The van der Waals surface area contributed by atoms with Crippen LogP contribution in [-0.2, 0) is 5.41 Å². The van der Waals surface area contributed by atoms with Crippen molar-refractivity contribution in [3.05, 3.63) is 27.4 Å². The summed E-state index contributed by atoms with van der Waals surface area (Å²) in [5, 5.41) is 12.2. The van der Waals surface area contributed by atoms with Gasteiger partial charge in [0.1, 0.15) is 11.4 Å². The van der Waals surface area contributed by atoms with Gasteiger partial charge in [0.2, 0.25) is 0 Å². The smallest absolute Gasteiger partial charge is 0.264 e. The highest BCUT2D eigenvalue weighted by Gasteiger charge is 2.22. The van der Waals surface area contributed by atoms with Crippen molar-refractivity contribution in [3.63, 3.8) is 0 Å². The average Bonchev–Trinajstić information content (AvgIpc) is 2.34. The SMILES string of the molecule is CCCC(O)CNC(=O)c1c(C)nc(C(C)(C)C)[nH]c1=O. The van der Waals surface area contributed by atoms with E-state index in [1.54, 1.807) is 6.92 Å². The molecule has 0 saturated heterocycles. The molecule has 1 rings (SSSR count). The minimum absolute atomic E-state index is 0.00620. The molecule has 118 valence electrons. The van der Waals surface area contributed by atoms with Crippen LogP contribution in [0.2, 0.25) is 0 Å². The monoisotopic (exact) mass is 295 g/mol. The summed E-state index contributed by atoms with van der Waals surface area (Å²) in [6, 6.07) is 0. The summed E-state index contributed by atoms with van der Waals surface area (Å²) in [6.07, 6.45) is 0.843. The van der Waals surface area contributed by atoms with Crippen LogP contribution in [0.5, 0.6) is 0 Å². The van der Waals surface area contributed by atoms with Gasteiger partial charge in [-0.05, 0) is 13.3 Å². The minimum Gasteiger partial charge on any atom is -0.391 e. The standard InChI is InChI=1S/C15H25N3O3/c1-6-7-10(19)8-16-12(20)11-9(2)17-14(15(3,4)5)18-13(11)21/h10,19H,6-8H2,1-5H3,(H,16,20)(H,17,18,21). The molecule has 0 aliphatic carbocycles. The fourth-order valence-corrected chi connectivity index (χ4v) is 1.94. The maximum absolute atomic E-state index is 12.1. The van der Waals surface area contributed by atoms with E-state index in [2.05, 4.69) is 15.3 Å². The minimum atomic E-state index is -0.597. The van der Waals surface area contributed by atoms with E-state index >= 15 is 0 Å². The van der Waals surface area contributed by atoms with Crippen molar-refractivity contribution in [1.29, 1.82) is 0 Å². The number of H-pyrrole nitrogens is 1. The summed E-state index contributed by atoms with van der Waals surface area (Å²) >= 11 is 0. The molecular formula is C15H25N3O3. The van der Waals surface area contributed by atoms with Gasteiger partial charge in [0.15, 0.2) is 0 Å². The number of aliphatic hydroxyl groups is 1. The normalized spacial score (nSPS) is 13.0. The van der Waals surface area contributed by atoms with E-state index in [1.807, 2.05) is 27.7 Å². The molecule has 1 heterocycles. The first-order chi connectivity index (χ1) is 9.66. The summed E-state index contributed by atoms with van der Waals surface area (Å²) in [5.74, 6) is 0.0458. The maximum atomic E-state index is 12.1. The number of hydrogen-bond acceptors (Lipinski definition) is 4. The van der Waals surface area contributed by atoms with E-state index in [1.165, 1.54) is 0 Å². The van der Waals surface area contributed by atoms with Gasteiger partial charge in [0.05, 0.1) is 11.8 Å². The van der Waals surface area contributed by atoms with Crippen molar-refractivity contribution in [2.45, 2.75) is 59.0 Å². The van der Waals surface area contributed by atoms with Gasteiger partial charge in [0, 0.05) is 12.0 Å². The molecule has 1 atom stereocenters. The Bertz CT molecular complexity index is 558. The fourth-order valence-electron chi connectivity index (χ4n) is 1.94. The Hall–Kier alpha value is -1.69. The van der Waals surface area contributed by atoms with E-state index in [0.717, 1.165) is 6.42 Å². The molecule has 6 heteroatoms. The molecule has 1 unspecified atom stereocenters. The third-order valence-electron chi connectivity index (χ3n) is 3.16. The molecule has 6 nitrogen and oxygen atoms in total. The molecule has 0 aliphatic rings. The van der Waals surface area contributed by atoms with Crippen molar-refractivity contribution in [3.8, 4) is 0 Å². The lowest BCUT2D eigenvalue weighted by Crippen LogP contribution is -2.37. The van der Waals surface area contributed by atoms with E-state index < -0.39 is 17.6 Å². The van der Waals surface area contributed by atoms with Crippen LogP contribution in [0.25, 0.3) is 0 Å². The lowest BCUT2D eigenvalue weighted by Gasteiger charge is -2.18. The second kappa shape index (κ2) is 6.85. The largest absolute Gasteiger partial charge is 0.391 e. The molecule has 3 N–H and O–H groups in total. The zero-order valence-corrected chi connectivity index (χ0v) is 13.4. The zero-order valence-electron chi connectivity index (χ0n) is 13.4. The van der Waals surface area contributed by atoms with Crippen LogP contribution in [0.1, 0.15) is 62.4 Å². The van der Waals surface area contributed by atoms with E-state index in [0.29, 0.717) is 17.9 Å². The van der Waals surface area contributed by atoms with Crippen molar-refractivity contribution in [1.82, 2.24) is 15.3 Å². The van der Waals surface area contributed by atoms with Gasteiger partial charge in [-0.25, -0.2) is 4.98 Å². The van der Waals surface area contributed by atoms with Gasteiger partial charge in [-0.15, -0.1) is 0 Å². The number of aliphatic hydroxyl groups excluding tert-OH is 1. The highest BCUT2D eigenvalue weighted by Crippen LogP contribution is 2.17. The Morgan fingerprint density at radius 1 is 1.43 bits per heavy atom. The van der Waals surface area contributed by atoms with Gasteiger partial charge in [-0.1, -0.05) is 34.1 Å². The summed E-state index contributed by atoms with van der Waals surface area (Å²) in [5.41, 5.74) is -0.344. The topological polar surface area (TPSA) is 95.1 Å². The Morgan fingerprint density at radius 3 is 2.52 bits per heavy atom. The van der Waals surface area contributed by atoms with Gasteiger partial charge in [0.25, 0.3) is 11.5 Å². The Labute approximate surface area is 125 Å². The molecule has 0 fully saturated rings.